The van der Waals surface area contributed by atoms with Gasteiger partial charge >= 0.3 is 0 Å². The zero-order valence-corrected chi connectivity index (χ0v) is 13.1. The van der Waals surface area contributed by atoms with Gasteiger partial charge in [0, 0.05) is 36.7 Å². The van der Waals surface area contributed by atoms with Crippen LogP contribution in [-0.2, 0) is 17.8 Å². The summed E-state index contributed by atoms with van der Waals surface area (Å²) in [5.74, 6) is 1.53. The van der Waals surface area contributed by atoms with Crippen molar-refractivity contribution < 1.29 is 4.79 Å². The number of amides is 1. The summed E-state index contributed by atoms with van der Waals surface area (Å²) in [6.07, 6.45) is 11.5. The molecule has 0 radical (unpaired) electrons. The molecule has 1 fully saturated rings. The first-order valence-corrected chi connectivity index (χ1v) is 8.57. The van der Waals surface area contributed by atoms with Gasteiger partial charge in [-0.05, 0) is 31.6 Å². The standard InChI is InChI=1S/C17H27N3O/c1-2-3-4-13-5-7-14(8-6-13)17(21)20-10-9-16-15(12-20)11-18-19-16/h11,13-14H,2-10,12H2,1H3,(H,18,19). The van der Waals surface area contributed by atoms with E-state index in [4.69, 9.17) is 0 Å². The molecule has 21 heavy (non-hydrogen) atoms. The maximum Gasteiger partial charge on any atom is 0.225 e. The van der Waals surface area contributed by atoms with Gasteiger partial charge in [0.25, 0.3) is 0 Å². The minimum Gasteiger partial charge on any atom is -0.338 e. The van der Waals surface area contributed by atoms with Crippen LogP contribution in [-0.4, -0.2) is 27.5 Å². The Labute approximate surface area is 127 Å². The Kier molecular flexibility index (Phi) is 4.61. The average molecular weight is 289 g/mol. The maximum atomic E-state index is 12.7. The molecule has 4 heteroatoms. The van der Waals surface area contributed by atoms with Crippen LogP contribution in [0.2, 0.25) is 0 Å². The van der Waals surface area contributed by atoms with Gasteiger partial charge in [0.15, 0.2) is 0 Å². The fraction of sp³-hybridized carbons (Fsp3) is 0.765. The van der Waals surface area contributed by atoms with E-state index in [9.17, 15) is 4.79 Å². The lowest BCUT2D eigenvalue weighted by Crippen LogP contribution is -2.40. The molecule has 1 saturated carbocycles. The van der Waals surface area contributed by atoms with Crippen LogP contribution in [0, 0.1) is 11.8 Å². The van der Waals surface area contributed by atoms with E-state index in [1.165, 1.54) is 43.4 Å². The van der Waals surface area contributed by atoms with E-state index in [1.807, 2.05) is 6.20 Å². The van der Waals surface area contributed by atoms with E-state index in [-0.39, 0.29) is 5.92 Å². The highest BCUT2D eigenvalue weighted by molar-refractivity contribution is 5.79. The molecular weight excluding hydrogens is 262 g/mol. The Morgan fingerprint density at radius 2 is 2.19 bits per heavy atom. The zero-order chi connectivity index (χ0) is 14.7. The number of aromatic amines is 1. The van der Waals surface area contributed by atoms with Crippen molar-refractivity contribution in [2.24, 2.45) is 11.8 Å². The molecule has 1 amide bonds. The van der Waals surface area contributed by atoms with Gasteiger partial charge in [-0.2, -0.15) is 5.10 Å². The number of rotatable bonds is 4. The minimum atomic E-state index is 0.274. The summed E-state index contributed by atoms with van der Waals surface area (Å²) in [5, 5.41) is 7.12. The number of unbranched alkanes of at least 4 members (excludes halogenated alkanes) is 1. The van der Waals surface area contributed by atoms with Gasteiger partial charge in [-0.1, -0.05) is 26.2 Å². The zero-order valence-electron chi connectivity index (χ0n) is 13.1. The van der Waals surface area contributed by atoms with Crippen molar-refractivity contribution in [1.29, 1.82) is 0 Å². The van der Waals surface area contributed by atoms with Gasteiger partial charge < -0.3 is 4.90 Å². The summed E-state index contributed by atoms with van der Waals surface area (Å²) in [5.41, 5.74) is 2.41. The molecule has 0 saturated heterocycles. The molecular formula is C17H27N3O. The SMILES string of the molecule is CCCCC1CCC(C(=O)N2CCc3[nH]ncc3C2)CC1. The molecule has 1 aliphatic carbocycles. The van der Waals surface area contributed by atoms with Crippen LogP contribution in [0.15, 0.2) is 6.20 Å². The summed E-state index contributed by atoms with van der Waals surface area (Å²) in [7, 11) is 0. The second kappa shape index (κ2) is 6.63. The lowest BCUT2D eigenvalue weighted by molar-refractivity contribution is -0.137. The Morgan fingerprint density at radius 3 is 2.95 bits per heavy atom. The fourth-order valence-corrected chi connectivity index (χ4v) is 3.86. The number of carbonyl (C=O) groups excluding carboxylic acids is 1. The molecule has 0 aromatic carbocycles. The van der Waals surface area contributed by atoms with E-state index >= 15 is 0 Å². The number of H-pyrrole nitrogens is 1. The molecule has 2 aliphatic rings. The van der Waals surface area contributed by atoms with Gasteiger partial charge in [-0.15, -0.1) is 0 Å². The Bertz CT molecular complexity index is 474. The quantitative estimate of drug-likeness (QED) is 0.924. The van der Waals surface area contributed by atoms with Crippen molar-refractivity contribution in [3.05, 3.63) is 17.5 Å². The van der Waals surface area contributed by atoms with Gasteiger partial charge in [-0.3, -0.25) is 9.89 Å². The van der Waals surface area contributed by atoms with Crippen LogP contribution in [0.3, 0.4) is 0 Å². The highest BCUT2D eigenvalue weighted by Gasteiger charge is 2.31. The predicted molar refractivity (Wildman–Crippen MR) is 82.7 cm³/mol. The first kappa shape index (κ1) is 14.6. The molecule has 1 aromatic heterocycles. The molecule has 1 aliphatic heterocycles. The van der Waals surface area contributed by atoms with E-state index in [0.717, 1.165) is 38.3 Å². The van der Waals surface area contributed by atoms with Crippen LogP contribution in [0.25, 0.3) is 0 Å². The van der Waals surface area contributed by atoms with Crippen LogP contribution < -0.4 is 0 Å². The molecule has 0 unspecified atom stereocenters. The highest BCUT2D eigenvalue weighted by atomic mass is 16.2. The molecule has 0 bridgehead atoms. The van der Waals surface area contributed by atoms with Crippen molar-refractivity contribution in [2.75, 3.05) is 6.54 Å². The number of hydrogen-bond acceptors (Lipinski definition) is 2. The van der Waals surface area contributed by atoms with Gasteiger partial charge in [-0.25, -0.2) is 0 Å². The second-order valence-corrected chi connectivity index (χ2v) is 6.74. The fourth-order valence-electron chi connectivity index (χ4n) is 3.86. The third-order valence-electron chi connectivity index (χ3n) is 5.27. The number of fused-ring (bicyclic) bond motifs is 1. The van der Waals surface area contributed by atoms with Crippen molar-refractivity contribution in [1.82, 2.24) is 15.1 Å². The number of hydrogen-bond donors (Lipinski definition) is 1. The first-order chi connectivity index (χ1) is 10.3. The van der Waals surface area contributed by atoms with E-state index in [2.05, 4.69) is 22.0 Å². The summed E-state index contributed by atoms with van der Waals surface area (Å²) in [4.78, 5) is 14.8. The minimum absolute atomic E-state index is 0.274. The van der Waals surface area contributed by atoms with Crippen molar-refractivity contribution in [3.8, 4) is 0 Å². The smallest absolute Gasteiger partial charge is 0.225 e. The van der Waals surface area contributed by atoms with Crippen molar-refractivity contribution in [2.45, 2.75) is 64.8 Å². The van der Waals surface area contributed by atoms with Gasteiger partial charge in [0.2, 0.25) is 5.91 Å². The van der Waals surface area contributed by atoms with Crippen LogP contribution in [0.5, 0.6) is 0 Å². The van der Waals surface area contributed by atoms with E-state index in [1.54, 1.807) is 0 Å². The summed E-state index contributed by atoms with van der Waals surface area (Å²) >= 11 is 0. The molecule has 3 rings (SSSR count). The van der Waals surface area contributed by atoms with Gasteiger partial charge in [0.05, 0.1) is 6.20 Å². The largest absolute Gasteiger partial charge is 0.338 e. The van der Waals surface area contributed by atoms with Crippen molar-refractivity contribution >= 4 is 5.91 Å². The first-order valence-electron chi connectivity index (χ1n) is 8.57. The van der Waals surface area contributed by atoms with Crippen LogP contribution in [0.1, 0.15) is 63.1 Å². The van der Waals surface area contributed by atoms with E-state index in [0.29, 0.717) is 5.91 Å². The summed E-state index contributed by atoms with van der Waals surface area (Å²) in [6, 6.07) is 0. The molecule has 0 spiro atoms. The predicted octanol–water partition coefficient (Wildman–Crippen LogP) is 3.29. The van der Waals surface area contributed by atoms with Crippen molar-refractivity contribution in [3.63, 3.8) is 0 Å². The molecule has 1 N–H and O–H groups in total. The molecule has 0 atom stereocenters. The maximum absolute atomic E-state index is 12.7. The monoisotopic (exact) mass is 289 g/mol. The van der Waals surface area contributed by atoms with Crippen LogP contribution in [0.4, 0.5) is 0 Å². The average Bonchev–Trinajstić information content (AvgIpc) is 3.00. The lowest BCUT2D eigenvalue weighted by atomic mass is 9.79. The topological polar surface area (TPSA) is 49.0 Å². The normalized spacial score (nSPS) is 25.7. The number of nitrogens with zero attached hydrogens (tertiary/aromatic N) is 2. The third-order valence-corrected chi connectivity index (χ3v) is 5.27. The number of aromatic nitrogens is 2. The Morgan fingerprint density at radius 1 is 1.38 bits per heavy atom. The van der Waals surface area contributed by atoms with E-state index < -0.39 is 0 Å². The molecule has 4 nitrogen and oxygen atoms in total. The summed E-state index contributed by atoms with van der Waals surface area (Å²) < 4.78 is 0. The number of nitrogens with one attached hydrogen (secondary N) is 1. The lowest BCUT2D eigenvalue weighted by Gasteiger charge is -2.33. The third kappa shape index (κ3) is 3.30. The van der Waals surface area contributed by atoms with Crippen LogP contribution >= 0.6 is 0 Å². The molecule has 116 valence electrons. The second-order valence-electron chi connectivity index (χ2n) is 6.74. The molecule has 2 heterocycles. The highest BCUT2D eigenvalue weighted by Crippen LogP contribution is 2.33. The molecule has 1 aromatic rings. The number of carbonyl (C=O) groups is 1. The Balaban J connectivity index is 1.51. The summed E-state index contributed by atoms with van der Waals surface area (Å²) in [6.45, 7) is 3.86. The van der Waals surface area contributed by atoms with Gasteiger partial charge in [0.1, 0.15) is 0 Å². The Hall–Kier alpha value is -1.32.